The molecule has 3 rings (SSSR count). The highest BCUT2D eigenvalue weighted by molar-refractivity contribution is 6.02. The Labute approximate surface area is 120 Å². The van der Waals surface area contributed by atoms with Gasteiger partial charge in [0, 0.05) is 11.3 Å². The minimum Gasteiger partial charge on any atom is -0.507 e. The molecule has 0 fully saturated rings. The lowest BCUT2D eigenvalue weighted by atomic mass is 10.0. The third-order valence-electron chi connectivity index (χ3n) is 3.01. The highest BCUT2D eigenvalue weighted by Gasteiger charge is 2.09. The molecule has 1 aromatic heterocycles. The van der Waals surface area contributed by atoms with E-state index in [4.69, 9.17) is 0 Å². The smallest absolute Gasteiger partial charge is 0.277 e. The number of carbonyl (C=O) groups is 1. The Bertz CT molecular complexity index is 752. The van der Waals surface area contributed by atoms with E-state index < -0.39 is 0 Å². The minimum atomic E-state index is -0.334. The quantitative estimate of drug-likeness (QED) is 0.687. The molecule has 0 bridgehead atoms. The molecule has 0 saturated carbocycles. The van der Waals surface area contributed by atoms with Gasteiger partial charge in [0.25, 0.3) is 5.91 Å². The molecule has 0 aliphatic heterocycles. The SMILES string of the molecule is O=C(Nc1ccc(-c2ccccc2O)cc1)c1cn[nH]n1. The van der Waals surface area contributed by atoms with Crippen LogP contribution in [0.25, 0.3) is 11.1 Å². The van der Waals surface area contributed by atoms with E-state index in [-0.39, 0.29) is 17.4 Å². The molecule has 0 atom stereocenters. The van der Waals surface area contributed by atoms with Gasteiger partial charge in [-0.15, -0.1) is 0 Å². The van der Waals surface area contributed by atoms with E-state index in [0.29, 0.717) is 5.69 Å². The van der Waals surface area contributed by atoms with Crippen molar-refractivity contribution >= 4 is 11.6 Å². The van der Waals surface area contributed by atoms with Gasteiger partial charge in [0.05, 0.1) is 6.20 Å². The molecule has 3 N–H and O–H groups in total. The summed E-state index contributed by atoms with van der Waals surface area (Å²) in [7, 11) is 0. The number of aromatic amines is 1. The Morgan fingerprint density at radius 1 is 1.10 bits per heavy atom. The first kappa shape index (κ1) is 12.9. The third-order valence-corrected chi connectivity index (χ3v) is 3.01. The van der Waals surface area contributed by atoms with E-state index in [1.807, 2.05) is 24.3 Å². The first-order valence-electron chi connectivity index (χ1n) is 6.29. The first-order chi connectivity index (χ1) is 10.2. The number of rotatable bonds is 3. The highest BCUT2D eigenvalue weighted by atomic mass is 16.3. The summed E-state index contributed by atoms with van der Waals surface area (Å²) >= 11 is 0. The zero-order valence-electron chi connectivity index (χ0n) is 10.9. The van der Waals surface area contributed by atoms with Gasteiger partial charge in [-0.3, -0.25) is 4.79 Å². The van der Waals surface area contributed by atoms with E-state index >= 15 is 0 Å². The number of anilines is 1. The van der Waals surface area contributed by atoms with Crippen molar-refractivity contribution in [3.05, 3.63) is 60.4 Å². The van der Waals surface area contributed by atoms with Gasteiger partial charge in [0.15, 0.2) is 5.69 Å². The predicted molar refractivity (Wildman–Crippen MR) is 77.9 cm³/mol. The van der Waals surface area contributed by atoms with Gasteiger partial charge < -0.3 is 10.4 Å². The summed E-state index contributed by atoms with van der Waals surface area (Å²) in [6.45, 7) is 0. The van der Waals surface area contributed by atoms with Crippen molar-refractivity contribution in [1.29, 1.82) is 0 Å². The summed E-state index contributed by atoms with van der Waals surface area (Å²) in [6, 6.07) is 14.3. The number of nitrogens with one attached hydrogen (secondary N) is 2. The lowest BCUT2D eigenvalue weighted by molar-refractivity contribution is 0.102. The van der Waals surface area contributed by atoms with Gasteiger partial charge in [-0.05, 0) is 23.8 Å². The maximum Gasteiger partial charge on any atom is 0.277 e. The number of para-hydroxylation sites is 1. The molecule has 21 heavy (non-hydrogen) atoms. The fourth-order valence-electron chi connectivity index (χ4n) is 1.96. The van der Waals surface area contributed by atoms with Crippen LogP contribution in [0.2, 0.25) is 0 Å². The third kappa shape index (κ3) is 2.74. The second-order valence-electron chi connectivity index (χ2n) is 4.40. The Hall–Kier alpha value is -3.15. The van der Waals surface area contributed by atoms with Crippen molar-refractivity contribution in [3.8, 4) is 16.9 Å². The number of hydrogen-bond acceptors (Lipinski definition) is 4. The van der Waals surface area contributed by atoms with Crippen molar-refractivity contribution in [1.82, 2.24) is 15.4 Å². The molecule has 0 aliphatic rings. The van der Waals surface area contributed by atoms with Crippen LogP contribution in [0.1, 0.15) is 10.5 Å². The molecule has 104 valence electrons. The summed E-state index contributed by atoms with van der Waals surface area (Å²) in [5, 5.41) is 22.2. The number of hydrogen-bond donors (Lipinski definition) is 3. The highest BCUT2D eigenvalue weighted by Crippen LogP contribution is 2.29. The van der Waals surface area contributed by atoms with Crippen molar-refractivity contribution < 1.29 is 9.90 Å². The Balaban J connectivity index is 1.79. The van der Waals surface area contributed by atoms with E-state index in [1.165, 1.54) is 6.20 Å². The van der Waals surface area contributed by atoms with Crippen molar-refractivity contribution in [3.63, 3.8) is 0 Å². The summed E-state index contributed by atoms with van der Waals surface area (Å²) in [5.74, 6) is -0.115. The topological polar surface area (TPSA) is 90.9 Å². The van der Waals surface area contributed by atoms with Crippen molar-refractivity contribution in [2.45, 2.75) is 0 Å². The zero-order chi connectivity index (χ0) is 14.7. The summed E-state index contributed by atoms with van der Waals surface area (Å²) in [5.41, 5.74) is 2.47. The fraction of sp³-hybridized carbons (Fsp3) is 0. The molecule has 0 unspecified atom stereocenters. The molecule has 1 amide bonds. The molecule has 0 aliphatic carbocycles. The number of H-pyrrole nitrogens is 1. The van der Waals surface area contributed by atoms with Gasteiger partial charge in [0.2, 0.25) is 0 Å². The molecule has 1 heterocycles. The van der Waals surface area contributed by atoms with Crippen LogP contribution in [0, 0.1) is 0 Å². The number of aromatic hydroxyl groups is 1. The molecule has 6 nitrogen and oxygen atoms in total. The zero-order valence-corrected chi connectivity index (χ0v) is 10.9. The number of carbonyl (C=O) groups excluding carboxylic acids is 1. The Kier molecular flexibility index (Phi) is 3.34. The number of aromatic nitrogens is 3. The predicted octanol–water partition coefficient (Wildman–Crippen LogP) is 2.43. The Morgan fingerprint density at radius 3 is 2.52 bits per heavy atom. The second kappa shape index (κ2) is 5.46. The molecular formula is C15H12N4O2. The summed E-state index contributed by atoms with van der Waals surface area (Å²) in [4.78, 5) is 11.8. The molecule has 6 heteroatoms. The second-order valence-corrected chi connectivity index (χ2v) is 4.40. The van der Waals surface area contributed by atoms with E-state index in [9.17, 15) is 9.90 Å². The number of amides is 1. The number of phenolic OH excluding ortho intramolecular Hbond substituents is 1. The lowest BCUT2D eigenvalue weighted by Gasteiger charge is -2.07. The minimum absolute atomic E-state index is 0.219. The van der Waals surface area contributed by atoms with Gasteiger partial charge in [-0.1, -0.05) is 30.3 Å². The number of benzene rings is 2. The van der Waals surface area contributed by atoms with Crippen LogP contribution < -0.4 is 5.32 Å². The largest absolute Gasteiger partial charge is 0.507 e. The van der Waals surface area contributed by atoms with Crippen LogP contribution in [-0.4, -0.2) is 26.4 Å². The van der Waals surface area contributed by atoms with Crippen molar-refractivity contribution in [2.75, 3.05) is 5.32 Å². The lowest BCUT2D eigenvalue weighted by Crippen LogP contribution is -2.12. The van der Waals surface area contributed by atoms with Crippen LogP contribution in [0.3, 0.4) is 0 Å². The average Bonchev–Trinajstić information content (AvgIpc) is 3.03. The van der Waals surface area contributed by atoms with Crippen LogP contribution in [0.5, 0.6) is 5.75 Å². The number of phenols is 1. The maximum absolute atomic E-state index is 11.8. The Morgan fingerprint density at radius 2 is 1.86 bits per heavy atom. The van der Waals surface area contributed by atoms with Gasteiger partial charge in [-0.2, -0.15) is 15.4 Å². The number of nitrogens with zero attached hydrogens (tertiary/aromatic N) is 2. The normalized spacial score (nSPS) is 10.3. The van der Waals surface area contributed by atoms with Crippen LogP contribution >= 0.6 is 0 Å². The van der Waals surface area contributed by atoms with E-state index in [1.54, 1.807) is 24.3 Å². The van der Waals surface area contributed by atoms with Gasteiger partial charge in [0.1, 0.15) is 5.75 Å². The monoisotopic (exact) mass is 280 g/mol. The molecule has 2 aromatic carbocycles. The average molecular weight is 280 g/mol. The molecule has 0 saturated heterocycles. The van der Waals surface area contributed by atoms with Crippen molar-refractivity contribution in [2.24, 2.45) is 0 Å². The first-order valence-corrected chi connectivity index (χ1v) is 6.29. The molecule has 0 radical (unpaired) electrons. The standard InChI is InChI=1S/C15H12N4O2/c20-14-4-2-1-3-12(14)10-5-7-11(8-6-10)17-15(21)13-9-16-19-18-13/h1-9,20H,(H,17,21)(H,16,18,19). The fourth-order valence-corrected chi connectivity index (χ4v) is 1.96. The van der Waals surface area contributed by atoms with Crippen LogP contribution in [0.4, 0.5) is 5.69 Å². The van der Waals surface area contributed by atoms with E-state index in [2.05, 4.69) is 20.7 Å². The molecular weight excluding hydrogens is 268 g/mol. The summed E-state index contributed by atoms with van der Waals surface area (Å²) in [6.07, 6.45) is 1.35. The molecule has 0 spiro atoms. The maximum atomic E-state index is 11.8. The molecule has 3 aromatic rings. The van der Waals surface area contributed by atoms with Gasteiger partial charge in [-0.25, -0.2) is 0 Å². The summed E-state index contributed by atoms with van der Waals surface area (Å²) < 4.78 is 0. The van der Waals surface area contributed by atoms with E-state index in [0.717, 1.165) is 11.1 Å². The van der Waals surface area contributed by atoms with Crippen LogP contribution in [0.15, 0.2) is 54.7 Å². The van der Waals surface area contributed by atoms with Gasteiger partial charge >= 0.3 is 0 Å². The van der Waals surface area contributed by atoms with Crippen LogP contribution in [-0.2, 0) is 0 Å².